The number of nitrogens with one attached hydrogen (secondary N) is 2. The van der Waals surface area contributed by atoms with E-state index in [1.165, 1.54) is 45.4 Å². The molecular weight excluding hydrogens is 649 g/mol. The van der Waals surface area contributed by atoms with Crippen molar-refractivity contribution in [3.8, 4) is 22.6 Å². The van der Waals surface area contributed by atoms with Gasteiger partial charge in [0.2, 0.25) is 0 Å². The van der Waals surface area contributed by atoms with Gasteiger partial charge in [0.15, 0.2) is 0 Å². The van der Waals surface area contributed by atoms with Crippen LogP contribution in [0.4, 0.5) is 13.2 Å². The lowest BCUT2D eigenvalue weighted by atomic mass is 9.95. The average molecular weight is 687 g/mol. The normalized spacial score (nSPS) is 16.2. The van der Waals surface area contributed by atoms with E-state index in [2.05, 4.69) is 92.1 Å². The summed E-state index contributed by atoms with van der Waals surface area (Å²) in [6, 6.07) is 29.7. The van der Waals surface area contributed by atoms with Crippen LogP contribution >= 0.6 is 11.6 Å². The molecule has 0 amide bonds. The largest absolute Gasteiger partial charge is 0.573 e. The zero-order valence-corrected chi connectivity index (χ0v) is 28.2. The third-order valence-electron chi connectivity index (χ3n) is 9.44. The fourth-order valence-corrected chi connectivity index (χ4v) is 7.53. The summed E-state index contributed by atoms with van der Waals surface area (Å²) < 4.78 is 51.3. The summed E-state index contributed by atoms with van der Waals surface area (Å²) in [7, 11) is 1.72. The molecule has 0 saturated heterocycles. The van der Waals surface area contributed by atoms with E-state index in [1.54, 1.807) is 13.2 Å². The highest BCUT2D eigenvalue weighted by Crippen LogP contribution is 2.38. The molecule has 1 unspecified atom stereocenters. The van der Waals surface area contributed by atoms with Crippen molar-refractivity contribution >= 4 is 33.4 Å². The van der Waals surface area contributed by atoms with Crippen molar-refractivity contribution < 1.29 is 22.6 Å². The van der Waals surface area contributed by atoms with Crippen LogP contribution in [0.5, 0.6) is 11.5 Å². The first kappa shape index (κ1) is 33.1. The number of rotatable bonds is 4. The minimum Gasteiger partial charge on any atom is -0.497 e. The summed E-state index contributed by atoms with van der Waals surface area (Å²) in [6.07, 6.45) is -3.64. The highest BCUT2D eigenvalue weighted by Gasteiger charge is 2.32. The number of benzene rings is 4. The van der Waals surface area contributed by atoms with Crippen LogP contribution in [-0.2, 0) is 19.5 Å². The van der Waals surface area contributed by atoms with Gasteiger partial charge < -0.3 is 29.2 Å². The summed E-state index contributed by atoms with van der Waals surface area (Å²) in [5.41, 5.74) is 9.67. The van der Waals surface area contributed by atoms with Gasteiger partial charge in [-0.3, -0.25) is 0 Å². The van der Waals surface area contributed by atoms with Gasteiger partial charge in [0.25, 0.3) is 0 Å². The quantitative estimate of drug-likeness (QED) is 0.195. The molecule has 1 atom stereocenters. The highest BCUT2D eigenvalue weighted by atomic mass is 35.5. The fraction of sp³-hybridized carbons (Fsp3) is 0.282. The maximum atomic E-state index is 12.4. The number of methoxy groups -OCH3 is 1. The molecule has 0 aliphatic carbocycles. The molecule has 10 heteroatoms. The lowest BCUT2D eigenvalue weighted by molar-refractivity contribution is -0.274. The zero-order chi connectivity index (χ0) is 34.1. The Morgan fingerprint density at radius 1 is 0.776 bits per heavy atom. The highest BCUT2D eigenvalue weighted by molar-refractivity contribution is 6.31. The minimum atomic E-state index is -4.73. The van der Waals surface area contributed by atoms with E-state index in [1.807, 2.05) is 12.1 Å². The molecular formula is C39H38ClF3N4O2. The summed E-state index contributed by atoms with van der Waals surface area (Å²) in [5, 5.41) is 9.62. The molecule has 49 heavy (non-hydrogen) atoms. The lowest BCUT2D eigenvalue weighted by Crippen LogP contribution is -2.21. The van der Waals surface area contributed by atoms with Crippen LogP contribution < -0.4 is 20.1 Å². The van der Waals surface area contributed by atoms with E-state index in [0.717, 1.165) is 67.1 Å². The molecule has 0 fully saturated rings. The van der Waals surface area contributed by atoms with Gasteiger partial charge in [0.1, 0.15) is 11.5 Å². The lowest BCUT2D eigenvalue weighted by Gasteiger charge is -2.19. The first-order chi connectivity index (χ1) is 23.7. The molecule has 2 aliphatic rings. The summed E-state index contributed by atoms with van der Waals surface area (Å²) in [6.45, 7) is 7.59. The van der Waals surface area contributed by atoms with Gasteiger partial charge in [-0.15, -0.1) is 13.2 Å². The van der Waals surface area contributed by atoms with Crippen LogP contribution in [0.2, 0.25) is 5.02 Å². The molecule has 254 valence electrons. The van der Waals surface area contributed by atoms with Crippen molar-refractivity contribution in [1.29, 1.82) is 0 Å². The van der Waals surface area contributed by atoms with E-state index in [-0.39, 0.29) is 16.7 Å². The number of nitrogens with zero attached hydrogens (tertiary/aromatic N) is 2. The van der Waals surface area contributed by atoms with Crippen LogP contribution in [-0.4, -0.2) is 48.8 Å². The first-order valence-corrected chi connectivity index (χ1v) is 16.9. The van der Waals surface area contributed by atoms with Crippen molar-refractivity contribution in [3.63, 3.8) is 0 Å². The Morgan fingerprint density at radius 2 is 1.55 bits per heavy atom. The fourth-order valence-electron chi connectivity index (χ4n) is 7.23. The number of hydrogen-bond donors (Lipinski definition) is 2. The van der Waals surface area contributed by atoms with Gasteiger partial charge in [-0.1, -0.05) is 60.1 Å². The molecule has 6 nitrogen and oxygen atoms in total. The SMILES string of the molecule is COc1ccc(-c2cccc3cc4n(c23)CCNCC4)c(C)c1.FC(F)(F)Oc1ccc(C2CNCCn3c2cc2ccccc23)c(Cl)c1. The molecule has 8 rings (SSSR count). The second-order valence-corrected chi connectivity index (χ2v) is 12.9. The number of halogens is 4. The van der Waals surface area contributed by atoms with Crippen molar-refractivity contribution in [2.45, 2.75) is 38.7 Å². The molecule has 4 heterocycles. The maximum absolute atomic E-state index is 12.4. The number of aryl methyl sites for hydroxylation is 1. The Kier molecular flexibility index (Phi) is 9.33. The molecule has 0 radical (unpaired) electrons. The topological polar surface area (TPSA) is 52.4 Å². The Bertz CT molecular complexity index is 2120. The van der Waals surface area contributed by atoms with Gasteiger partial charge in [0.05, 0.1) is 12.6 Å². The third-order valence-corrected chi connectivity index (χ3v) is 9.77. The molecule has 4 aromatic carbocycles. The number of fused-ring (bicyclic) bond motifs is 6. The minimum absolute atomic E-state index is 0.0580. The van der Waals surface area contributed by atoms with Crippen molar-refractivity contribution in [3.05, 3.63) is 119 Å². The van der Waals surface area contributed by atoms with Gasteiger partial charge in [0, 0.05) is 84.5 Å². The van der Waals surface area contributed by atoms with E-state index in [9.17, 15) is 13.2 Å². The molecule has 0 spiro atoms. The first-order valence-electron chi connectivity index (χ1n) is 16.5. The standard InChI is InChI=1S/C20H22N2O.C19H16ClF3N2O/c1-14-12-17(23-2)6-7-18(14)19-5-3-4-15-13-16-8-9-21-10-11-22(16)20(15)19;20-16-10-13(26-19(21,22)23)5-6-14(16)15-11-24-7-8-25-17-4-2-1-3-12(17)9-18(15)25/h3-7,12-13,21H,8-11H2,1-2H3;1-6,9-10,15,24H,7-8,11H2. The monoisotopic (exact) mass is 686 g/mol. The van der Waals surface area contributed by atoms with E-state index >= 15 is 0 Å². The summed E-state index contributed by atoms with van der Waals surface area (Å²) in [4.78, 5) is 0. The van der Waals surface area contributed by atoms with Gasteiger partial charge in [-0.05, 0) is 71.5 Å². The second kappa shape index (κ2) is 13.8. The number of aromatic nitrogens is 2. The smallest absolute Gasteiger partial charge is 0.497 e. The second-order valence-electron chi connectivity index (χ2n) is 12.5. The predicted molar refractivity (Wildman–Crippen MR) is 190 cm³/mol. The molecule has 6 aromatic rings. The molecule has 2 aliphatic heterocycles. The summed E-state index contributed by atoms with van der Waals surface area (Å²) >= 11 is 6.33. The molecule has 0 saturated carbocycles. The van der Waals surface area contributed by atoms with E-state index in [0.29, 0.717) is 6.54 Å². The zero-order valence-electron chi connectivity index (χ0n) is 27.4. The van der Waals surface area contributed by atoms with Gasteiger partial charge >= 0.3 is 6.36 Å². The molecule has 2 N–H and O–H groups in total. The number of hydrogen-bond acceptors (Lipinski definition) is 4. The van der Waals surface area contributed by atoms with Crippen LogP contribution in [0.3, 0.4) is 0 Å². The number of para-hydroxylation sites is 2. The van der Waals surface area contributed by atoms with Crippen LogP contribution in [0.1, 0.15) is 28.4 Å². The molecule has 0 bridgehead atoms. The number of alkyl halides is 3. The van der Waals surface area contributed by atoms with E-state index < -0.39 is 6.36 Å². The Morgan fingerprint density at radius 3 is 2.35 bits per heavy atom. The summed E-state index contributed by atoms with van der Waals surface area (Å²) in [5.74, 6) is 0.544. The van der Waals surface area contributed by atoms with Crippen molar-refractivity contribution in [2.24, 2.45) is 0 Å². The van der Waals surface area contributed by atoms with Gasteiger partial charge in [-0.2, -0.15) is 0 Å². The Hall–Kier alpha value is -4.44. The van der Waals surface area contributed by atoms with E-state index in [4.69, 9.17) is 16.3 Å². The van der Waals surface area contributed by atoms with Crippen molar-refractivity contribution in [2.75, 3.05) is 33.3 Å². The van der Waals surface area contributed by atoms with Crippen LogP contribution in [0, 0.1) is 6.92 Å². The average Bonchev–Trinajstić information content (AvgIpc) is 3.43. The number of ether oxygens (including phenoxy) is 2. The maximum Gasteiger partial charge on any atom is 0.573 e. The van der Waals surface area contributed by atoms with Crippen LogP contribution in [0.25, 0.3) is 32.9 Å². The Balaban J connectivity index is 0.000000155. The Labute approximate surface area is 288 Å². The van der Waals surface area contributed by atoms with Crippen LogP contribution in [0.15, 0.2) is 91.0 Å². The third kappa shape index (κ3) is 6.88. The van der Waals surface area contributed by atoms with Gasteiger partial charge in [-0.25, -0.2) is 0 Å². The predicted octanol–water partition coefficient (Wildman–Crippen LogP) is 8.70. The van der Waals surface area contributed by atoms with Crippen molar-refractivity contribution in [1.82, 2.24) is 19.8 Å². The molecule has 2 aromatic heterocycles.